The molecule has 3 rings (SSSR count). The summed E-state index contributed by atoms with van der Waals surface area (Å²) in [5.41, 5.74) is 4.19. The molecule has 0 bridgehead atoms. The van der Waals surface area contributed by atoms with Crippen molar-refractivity contribution in [1.82, 2.24) is 4.90 Å². The molecular weight excluding hydrogens is 324 g/mol. The van der Waals surface area contributed by atoms with Crippen molar-refractivity contribution >= 4 is 17.5 Å². The molecule has 1 fully saturated rings. The SMILES string of the molecule is Cc1cc(C)c(NC(=O)C(C)(C)N2C(=O)CC2c2ccccc2)c(C)c1. The third kappa shape index (κ3) is 3.12. The zero-order valence-electron chi connectivity index (χ0n) is 16.1. The Morgan fingerprint density at radius 2 is 1.65 bits per heavy atom. The fraction of sp³-hybridized carbons (Fsp3) is 0.364. The molecule has 2 amide bonds. The Balaban J connectivity index is 1.85. The molecule has 1 saturated heterocycles. The van der Waals surface area contributed by atoms with E-state index in [0.717, 1.165) is 22.4 Å². The van der Waals surface area contributed by atoms with Gasteiger partial charge in [0, 0.05) is 5.69 Å². The molecule has 4 heteroatoms. The Bertz CT molecular complexity index is 833. The summed E-state index contributed by atoms with van der Waals surface area (Å²) in [7, 11) is 0. The molecule has 1 aliphatic heterocycles. The molecule has 1 atom stereocenters. The fourth-order valence-electron chi connectivity index (χ4n) is 3.81. The Hall–Kier alpha value is -2.62. The molecule has 2 aromatic rings. The molecule has 0 aromatic heterocycles. The van der Waals surface area contributed by atoms with E-state index in [-0.39, 0.29) is 17.9 Å². The lowest BCUT2D eigenvalue weighted by Gasteiger charge is -2.49. The fourth-order valence-corrected chi connectivity index (χ4v) is 3.81. The number of likely N-dealkylation sites (tertiary alicyclic amines) is 1. The highest BCUT2D eigenvalue weighted by Crippen LogP contribution is 2.40. The van der Waals surface area contributed by atoms with Crippen LogP contribution in [0.4, 0.5) is 5.69 Å². The molecule has 1 N–H and O–H groups in total. The number of β-lactam (4-membered cyclic amide) rings is 1. The highest BCUT2D eigenvalue weighted by atomic mass is 16.2. The highest BCUT2D eigenvalue weighted by Gasteiger charge is 2.49. The van der Waals surface area contributed by atoms with Gasteiger partial charge in [-0.15, -0.1) is 0 Å². The van der Waals surface area contributed by atoms with Crippen LogP contribution >= 0.6 is 0 Å². The van der Waals surface area contributed by atoms with E-state index in [2.05, 4.69) is 17.4 Å². The summed E-state index contributed by atoms with van der Waals surface area (Å²) in [4.78, 5) is 27.1. The zero-order valence-corrected chi connectivity index (χ0v) is 16.1. The van der Waals surface area contributed by atoms with Crippen molar-refractivity contribution in [2.24, 2.45) is 0 Å². The topological polar surface area (TPSA) is 49.4 Å². The van der Waals surface area contributed by atoms with E-state index in [4.69, 9.17) is 0 Å². The number of hydrogen-bond acceptors (Lipinski definition) is 2. The minimum Gasteiger partial charge on any atom is -0.324 e. The Kier molecular flexibility index (Phi) is 4.61. The zero-order chi connectivity index (χ0) is 19.1. The number of nitrogens with one attached hydrogen (secondary N) is 1. The van der Waals surface area contributed by atoms with Crippen LogP contribution in [-0.2, 0) is 9.59 Å². The minimum atomic E-state index is -0.931. The standard InChI is InChI=1S/C22H26N2O2/c1-14-11-15(2)20(16(3)12-14)23-21(26)22(4,5)24-18(13-19(24)25)17-9-7-6-8-10-17/h6-12,18H,13H2,1-5H3,(H,23,26). The van der Waals surface area contributed by atoms with Gasteiger partial charge in [0.05, 0.1) is 12.5 Å². The largest absolute Gasteiger partial charge is 0.324 e. The molecule has 0 saturated carbocycles. The molecule has 0 radical (unpaired) electrons. The summed E-state index contributed by atoms with van der Waals surface area (Å²) in [5.74, 6) is -0.155. The van der Waals surface area contributed by atoms with Crippen LogP contribution < -0.4 is 5.32 Å². The summed E-state index contributed by atoms with van der Waals surface area (Å²) < 4.78 is 0. The van der Waals surface area contributed by atoms with E-state index in [9.17, 15) is 9.59 Å². The first-order valence-electron chi connectivity index (χ1n) is 8.98. The Morgan fingerprint density at radius 3 is 2.19 bits per heavy atom. The number of benzene rings is 2. The average Bonchev–Trinajstić information content (AvgIpc) is 2.55. The summed E-state index contributed by atoms with van der Waals surface area (Å²) in [5, 5.41) is 3.05. The molecular formula is C22H26N2O2. The van der Waals surface area contributed by atoms with Crippen LogP contribution in [0.1, 0.15) is 48.6 Å². The van der Waals surface area contributed by atoms with E-state index >= 15 is 0 Å². The molecule has 26 heavy (non-hydrogen) atoms. The molecule has 1 unspecified atom stereocenters. The number of anilines is 1. The van der Waals surface area contributed by atoms with Crippen molar-refractivity contribution in [2.75, 3.05) is 5.32 Å². The molecule has 1 aliphatic rings. The summed E-state index contributed by atoms with van der Waals surface area (Å²) in [6.07, 6.45) is 0.448. The van der Waals surface area contributed by atoms with E-state index in [0.29, 0.717) is 6.42 Å². The minimum absolute atomic E-state index is 0.0105. The lowest BCUT2D eigenvalue weighted by Crippen LogP contribution is -2.62. The Labute approximate surface area is 155 Å². The maximum Gasteiger partial charge on any atom is 0.249 e. The number of carbonyl (C=O) groups is 2. The summed E-state index contributed by atoms with van der Waals surface area (Å²) in [6.45, 7) is 9.65. The van der Waals surface area contributed by atoms with E-state index < -0.39 is 5.54 Å². The van der Waals surface area contributed by atoms with E-state index in [1.165, 1.54) is 5.56 Å². The number of hydrogen-bond donors (Lipinski definition) is 1. The molecule has 0 spiro atoms. The third-order valence-corrected chi connectivity index (χ3v) is 5.21. The van der Waals surface area contributed by atoms with Crippen LogP contribution in [-0.4, -0.2) is 22.3 Å². The van der Waals surface area contributed by atoms with Crippen molar-refractivity contribution < 1.29 is 9.59 Å². The number of rotatable bonds is 4. The van der Waals surface area contributed by atoms with Gasteiger partial charge in [0.2, 0.25) is 11.8 Å². The van der Waals surface area contributed by atoms with Gasteiger partial charge < -0.3 is 10.2 Å². The van der Waals surface area contributed by atoms with Crippen molar-refractivity contribution in [3.05, 3.63) is 64.7 Å². The van der Waals surface area contributed by atoms with Gasteiger partial charge in [-0.05, 0) is 51.3 Å². The summed E-state index contributed by atoms with van der Waals surface area (Å²) >= 11 is 0. The maximum atomic E-state index is 13.1. The van der Waals surface area contributed by atoms with Crippen LogP contribution in [0.3, 0.4) is 0 Å². The predicted molar refractivity (Wildman–Crippen MR) is 104 cm³/mol. The van der Waals surface area contributed by atoms with Gasteiger partial charge in [-0.25, -0.2) is 0 Å². The van der Waals surface area contributed by atoms with Gasteiger partial charge in [0.1, 0.15) is 5.54 Å². The highest BCUT2D eigenvalue weighted by molar-refractivity contribution is 6.02. The molecule has 136 valence electrons. The predicted octanol–water partition coefficient (Wildman–Crippen LogP) is 4.30. The average molecular weight is 350 g/mol. The summed E-state index contributed by atoms with van der Waals surface area (Å²) in [6, 6.07) is 13.9. The van der Waals surface area contributed by atoms with Crippen LogP contribution in [0.15, 0.2) is 42.5 Å². The Morgan fingerprint density at radius 1 is 1.08 bits per heavy atom. The number of carbonyl (C=O) groups excluding carboxylic acids is 2. The first-order chi connectivity index (χ1) is 12.2. The van der Waals surface area contributed by atoms with Crippen molar-refractivity contribution in [3.8, 4) is 0 Å². The van der Waals surface area contributed by atoms with Gasteiger partial charge >= 0.3 is 0 Å². The van der Waals surface area contributed by atoms with E-state index in [1.54, 1.807) is 4.90 Å². The second-order valence-corrected chi connectivity index (χ2v) is 7.68. The smallest absolute Gasteiger partial charge is 0.249 e. The number of nitrogens with zero attached hydrogens (tertiary/aromatic N) is 1. The lowest BCUT2D eigenvalue weighted by atomic mass is 9.86. The van der Waals surface area contributed by atoms with Crippen molar-refractivity contribution in [3.63, 3.8) is 0 Å². The van der Waals surface area contributed by atoms with Crippen LogP contribution in [0.25, 0.3) is 0 Å². The quantitative estimate of drug-likeness (QED) is 0.836. The normalized spacial score (nSPS) is 17.0. The van der Waals surface area contributed by atoms with E-state index in [1.807, 2.05) is 65.0 Å². The molecule has 2 aromatic carbocycles. The monoisotopic (exact) mass is 350 g/mol. The van der Waals surface area contributed by atoms with Gasteiger partial charge in [0.25, 0.3) is 0 Å². The molecule has 0 aliphatic carbocycles. The van der Waals surface area contributed by atoms with Gasteiger partial charge in [-0.2, -0.15) is 0 Å². The van der Waals surface area contributed by atoms with Gasteiger partial charge in [-0.3, -0.25) is 9.59 Å². The van der Waals surface area contributed by atoms with Gasteiger partial charge in [-0.1, -0.05) is 48.0 Å². The molecule has 1 heterocycles. The second-order valence-electron chi connectivity index (χ2n) is 7.68. The number of amides is 2. The first kappa shape index (κ1) is 18.2. The molecule has 4 nitrogen and oxygen atoms in total. The third-order valence-electron chi connectivity index (χ3n) is 5.21. The van der Waals surface area contributed by atoms with Crippen LogP contribution in [0.2, 0.25) is 0 Å². The second kappa shape index (κ2) is 6.60. The van der Waals surface area contributed by atoms with Gasteiger partial charge in [0.15, 0.2) is 0 Å². The van der Waals surface area contributed by atoms with Crippen LogP contribution in [0.5, 0.6) is 0 Å². The lowest BCUT2D eigenvalue weighted by molar-refractivity contribution is -0.160. The number of aryl methyl sites for hydroxylation is 3. The van der Waals surface area contributed by atoms with Crippen LogP contribution in [0, 0.1) is 20.8 Å². The van der Waals surface area contributed by atoms with Crippen molar-refractivity contribution in [1.29, 1.82) is 0 Å². The maximum absolute atomic E-state index is 13.1. The first-order valence-corrected chi connectivity index (χ1v) is 8.98. The van der Waals surface area contributed by atoms with Crippen molar-refractivity contribution in [2.45, 2.75) is 52.6 Å².